The van der Waals surface area contributed by atoms with E-state index >= 15 is 0 Å². The molecule has 0 spiro atoms. The van der Waals surface area contributed by atoms with E-state index in [1.165, 1.54) is 0 Å². The zero-order valence-electron chi connectivity index (χ0n) is 10.2. The predicted octanol–water partition coefficient (Wildman–Crippen LogP) is 0.620. The van der Waals surface area contributed by atoms with Crippen LogP contribution in [0.5, 0.6) is 0 Å². The Morgan fingerprint density at radius 3 is 2.88 bits per heavy atom. The lowest BCUT2D eigenvalue weighted by Gasteiger charge is -2.11. The van der Waals surface area contributed by atoms with E-state index in [0.717, 1.165) is 0 Å². The summed E-state index contributed by atoms with van der Waals surface area (Å²) in [5.41, 5.74) is 1.21. The van der Waals surface area contributed by atoms with Gasteiger partial charge in [0.2, 0.25) is 0 Å². The molecule has 0 aliphatic carbocycles. The van der Waals surface area contributed by atoms with Crippen molar-refractivity contribution >= 4 is 22.4 Å². The Labute approximate surface area is 103 Å². The van der Waals surface area contributed by atoms with Crippen LogP contribution in [0, 0.1) is 0 Å². The minimum atomic E-state index is -0.933. The van der Waals surface area contributed by atoms with Crippen molar-refractivity contribution in [1.29, 1.82) is 0 Å². The van der Waals surface area contributed by atoms with Crippen LogP contribution >= 0.6 is 0 Å². The Balaban J connectivity index is 2.67. The van der Waals surface area contributed by atoms with Crippen molar-refractivity contribution in [3.05, 3.63) is 24.0 Å². The fourth-order valence-electron chi connectivity index (χ4n) is 1.24. The van der Waals surface area contributed by atoms with Crippen LogP contribution in [0.2, 0.25) is 0 Å². The van der Waals surface area contributed by atoms with Gasteiger partial charge >= 0.3 is 0 Å². The van der Waals surface area contributed by atoms with Gasteiger partial charge in [-0.05, 0) is 13.0 Å². The van der Waals surface area contributed by atoms with Gasteiger partial charge in [-0.1, -0.05) is 0 Å². The lowest BCUT2D eigenvalue weighted by atomic mass is 10.2. The molecule has 2 N–H and O–H groups in total. The van der Waals surface area contributed by atoms with E-state index in [9.17, 15) is 9.00 Å². The number of carbonyl (C=O) groups excluding carboxylic acids is 1. The molecule has 0 aliphatic heterocycles. The van der Waals surface area contributed by atoms with Gasteiger partial charge in [0.25, 0.3) is 5.91 Å². The first kappa shape index (κ1) is 13.6. The SMILES string of the molecule is CNc1cnccc1C(=O)NCC(C)S(C)=O. The second-order valence-electron chi connectivity index (χ2n) is 3.69. The molecule has 1 aromatic rings. The van der Waals surface area contributed by atoms with Crippen LogP contribution in [-0.2, 0) is 10.8 Å². The van der Waals surface area contributed by atoms with Gasteiger partial charge in [-0.3, -0.25) is 14.0 Å². The Morgan fingerprint density at radius 2 is 2.29 bits per heavy atom. The molecule has 1 heterocycles. The smallest absolute Gasteiger partial charge is 0.253 e. The van der Waals surface area contributed by atoms with Crippen molar-refractivity contribution in [3.63, 3.8) is 0 Å². The summed E-state index contributed by atoms with van der Waals surface area (Å²) < 4.78 is 11.2. The molecule has 2 unspecified atom stereocenters. The molecule has 0 aliphatic rings. The van der Waals surface area contributed by atoms with E-state index in [2.05, 4.69) is 15.6 Å². The summed E-state index contributed by atoms with van der Waals surface area (Å²) in [5, 5.41) is 5.60. The third kappa shape index (κ3) is 3.81. The molecule has 0 saturated heterocycles. The summed E-state index contributed by atoms with van der Waals surface area (Å²) in [6.45, 7) is 2.23. The topological polar surface area (TPSA) is 71.1 Å². The number of amides is 1. The third-order valence-electron chi connectivity index (χ3n) is 2.45. The average Bonchev–Trinajstić information content (AvgIpc) is 2.35. The standard InChI is InChI=1S/C11H17N3O2S/c1-8(17(3)16)6-14-11(15)9-4-5-13-7-10(9)12-2/h4-5,7-8,12H,6H2,1-3H3,(H,14,15). The Hall–Kier alpha value is -1.43. The zero-order valence-corrected chi connectivity index (χ0v) is 11.0. The van der Waals surface area contributed by atoms with E-state index in [1.807, 2.05) is 6.92 Å². The third-order valence-corrected chi connectivity index (χ3v) is 3.75. The van der Waals surface area contributed by atoms with Gasteiger partial charge in [0, 0.05) is 42.1 Å². The number of pyridine rings is 1. The van der Waals surface area contributed by atoms with Gasteiger partial charge in [-0.25, -0.2) is 0 Å². The Kier molecular flexibility index (Phi) is 5.09. The maximum absolute atomic E-state index is 11.9. The van der Waals surface area contributed by atoms with E-state index in [0.29, 0.717) is 17.8 Å². The second-order valence-corrected chi connectivity index (χ2v) is 5.49. The molecular formula is C11H17N3O2S. The van der Waals surface area contributed by atoms with E-state index in [4.69, 9.17) is 0 Å². The summed E-state index contributed by atoms with van der Waals surface area (Å²) in [5.74, 6) is -0.186. The highest BCUT2D eigenvalue weighted by atomic mass is 32.2. The van der Waals surface area contributed by atoms with Crippen LogP contribution in [-0.4, -0.2) is 40.2 Å². The van der Waals surface area contributed by atoms with Crippen molar-refractivity contribution in [3.8, 4) is 0 Å². The van der Waals surface area contributed by atoms with Crippen LogP contribution < -0.4 is 10.6 Å². The second kappa shape index (κ2) is 6.34. The predicted molar refractivity (Wildman–Crippen MR) is 69.6 cm³/mol. The molecule has 0 bridgehead atoms. The van der Waals surface area contributed by atoms with Gasteiger partial charge in [-0.15, -0.1) is 0 Å². The van der Waals surface area contributed by atoms with Gasteiger partial charge in [0.1, 0.15) is 0 Å². The highest BCUT2D eigenvalue weighted by Gasteiger charge is 2.12. The molecular weight excluding hydrogens is 238 g/mol. The molecule has 17 heavy (non-hydrogen) atoms. The maximum atomic E-state index is 11.9. The molecule has 6 heteroatoms. The Morgan fingerprint density at radius 1 is 1.59 bits per heavy atom. The summed E-state index contributed by atoms with van der Waals surface area (Å²) in [7, 11) is 0.801. The number of nitrogens with one attached hydrogen (secondary N) is 2. The quantitative estimate of drug-likeness (QED) is 0.809. The van der Waals surface area contributed by atoms with Crippen LogP contribution in [0.3, 0.4) is 0 Å². The molecule has 1 rings (SSSR count). The van der Waals surface area contributed by atoms with Crippen molar-refractivity contribution in [2.45, 2.75) is 12.2 Å². The molecule has 5 nitrogen and oxygen atoms in total. The van der Waals surface area contributed by atoms with E-state index in [1.54, 1.807) is 31.8 Å². The summed E-state index contributed by atoms with van der Waals surface area (Å²) in [6.07, 6.45) is 4.79. The molecule has 1 aromatic heterocycles. The molecule has 0 saturated carbocycles. The normalized spacial score (nSPS) is 13.8. The van der Waals surface area contributed by atoms with Crippen LogP contribution in [0.15, 0.2) is 18.5 Å². The summed E-state index contributed by atoms with van der Waals surface area (Å²) in [6, 6.07) is 1.65. The van der Waals surface area contributed by atoms with Crippen molar-refractivity contribution in [2.24, 2.45) is 0 Å². The maximum Gasteiger partial charge on any atom is 0.253 e. The number of hydrogen-bond donors (Lipinski definition) is 2. The van der Waals surface area contributed by atoms with Crippen molar-refractivity contribution in [1.82, 2.24) is 10.3 Å². The minimum absolute atomic E-state index is 0.0566. The number of rotatable bonds is 5. The van der Waals surface area contributed by atoms with E-state index in [-0.39, 0.29) is 11.2 Å². The minimum Gasteiger partial charge on any atom is -0.386 e. The molecule has 94 valence electrons. The van der Waals surface area contributed by atoms with Crippen LogP contribution in [0.4, 0.5) is 5.69 Å². The number of anilines is 1. The van der Waals surface area contributed by atoms with Gasteiger partial charge in [0.05, 0.1) is 17.4 Å². The van der Waals surface area contributed by atoms with Crippen LogP contribution in [0.25, 0.3) is 0 Å². The lowest BCUT2D eigenvalue weighted by molar-refractivity contribution is 0.0955. The van der Waals surface area contributed by atoms with Crippen molar-refractivity contribution < 1.29 is 9.00 Å². The average molecular weight is 255 g/mol. The van der Waals surface area contributed by atoms with E-state index < -0.39 is 10.8 Å². The van der Waals surface area contributed by atoms with Crippen LogP contribution in [0.1, 0.15) is 17.3 Å². The molecule has 0 radical (unpaired) electrons. The monoisotopic (exact) mass is 255 g/mol. The largest absolute Gasteiger partial charge is 0.386 e. The molecule has 0 fully saturated rings. The summed E-state index contributed by atoms with van der Waals surface area (Å²) >= 11 is 0. The summed E-state index contributed by atoms with van der Waals surface area (Å²) in [4.78, 5) is 15.8. The fourth-order valence-corrected chi connectivity index (χ4v) is 1.56. The number of nitrogens with zero attached hydrogens (tertiary/aromatic N) is 1. The lowest BCUT2D eigenvalue weighted by Crippen LogP contribution is -2.32. The Bertz CT molecular complexity index is 423. The number of carbonyl (C=O) groups is 1. The van der Waals surface area contributed by atoms with Gasteiger partial charge < -0.3 is 10.6 Å². The molecule has 0 aromatic carbocycles. The first-order chi connectivity index (χ1) is 8.06. The first-order valence-corrected chi connectivity index (χ1v) is 6.90. The zero-order chi connectivity index (χ0) is 12.8. The fraction of sp³-hybridized carbons (Fsp3) is 0.455. The highest BCUT2D eigenvalue weighted by molar-refractivity contribution is 7.84. The number of hydrogen-bond acceptors (Lipinski definition) is 4. The van der Waals surface area contributed by atoms with Gasteiger partial charge in [0.15, 0.2) is 0 Å². The first-order valence-electron chi connectivity index (χ1n) is 5.28. The molecule has 1 amide bonds. The van der Waals surface area contributed by atoms with Crippen molar-refractivity contribution in [2.75, 3.05) is 25.2 Å². The number of aromatic nitrogens is 1. The van der Waals surface area contributed by atoms with Gasteiger partial charge in [-0.2, -0.15) is 0 Å². The molecule has 2 atom stereocenters. The highest BCUT2D eigenvalue weighted by Crippen LogP contribution is 2.11.